The minimum Gasteiger partial charge on any atom is -0.508 e. The fourth-order valence-electron chi connectivity index (χ4n) is 26.6. The minimum atomic E-state index is -0.440. The maximum Gasteiger partial charge on any atom is 0.126 e. The molecule has 147 heavy (non-hydrogen) atoms. The Hall–Kier alpha value is -5.70. The fraction of sp³-hybridized carbons (Fsp3) is 0.647. The summed E-state index contributed by atoms with van der Waals surface area (Å²) in [5.41, 5.74) is 12.8. The van der Waals surface area contributed by atoms with Gasteiger partial charge >= 0.3 is 0 Å². The second kappa shape index (κ2) is 62.7. The molecule has 818 valence electrons. The van der Waals surface area contributed by atoms with Gasteiger partial charge in [-0.05, 0) is 392 Å². The highest BCUT2D eigenvalue weighted by molar-refractivity contribution is 6.34. The molecule has 0 spiro atoms. The summed E-state index contributed by atoms with van der Waals surface area (Å²) in [6, 6.07) is 53.6. The lowest BCUT2D eigenvalue weighted by molar-refractivity contribution is 0.255. The normalized spacial score (nSPS) is 18.9. The second-order valence-corrected chi connectivity index (χ2v) is 52.4. The third-order valence-electron chi connectivity index (χ3n) is 35.8. The molecule has 0 aliphatic heterocycles. The lowest BCUT2D eigenvalue weighted by atomic mass is 9.66. The molecule has 8 fully saturated rings. The van der Waals surface area contributed by atoms with Gasteiger partial charge in [-0.2, -0.15) is 0 Å². The van der Waals surface area contributed by atoms with Crippen LogP contribution in [0.25, 0.3) is 0 Å². The van der Waals surface area contributed by atoms with E-state index in [4.69, 9.17) is 46.4 Å². The summed E-state index contributed by atoms with van der Waals surface area (Å²) < 4.78 is 79.5. The SMILES string of the molecule is CC(C)CCC1(c2cc(Cl)cc(Cl)c2)CCCCC1.CC(C)CCC1(c2cc(F)cc(F)c2)CCCCC1.CC(C)CCC1(c2ccc(Cl)cc2)CCCCC1.CC(C)CCC1(c2ccc(F)cc2)CCCC1.CC(C)CCC1(c2ccc(F)cc2)CCCCC1.CC(C)CCC1(c2ccc(F)cc2Cl)CCCCC1.CC(C)CCC1(c2ccc(O)cc2)CCCCC1.CC(C)CCCC1(c2ccc(F)cc2)CCCCC1. The second-order valence-electron chi connectivity index (χ2n) is 50.7. The third-order valence-corrected chi connectivity index (χ3v) is 36.8. The molecule has 0 saturated heterocycles. The van der Waals surface area contributed by atoms with Crippen LogP contribution < -0.4 is 0 Å². The molecular weight excluding hydrogens is 1910 g/mol. The lowest BCUT2D eigenvalue weighted by Crippen LogP contribution is -2.30. The highest BCUT2D eigenvalue weighted by atomic mass is 35.5. The number of halogens is 10. The summed E-state index contributed by atoms with van der Waals surface area (Å²) in [5, 5.41) is 12.5. The zero-order chi connectivity index (χ0) is 107. The van der Waals surface area contributed by atoms with E-state index in [0.717, 1.165) is 87.9 Å². The summed E-state index contributed by atoms with van der Waals surface area (Å²) in [6.07, 6.45) is 72.1. The number of phenolic OH excluding ortho intramolecular Hbond substituents is 1. The molecule has 0 radical (unpaired) electrons. The standard InChI is InChI=1S/C18H27F.C17H24Cl2.C17H24ClF.C17H25Cl.C17H24F2.C17H25F.C17H26O.C16H23F/c1-15(2)7-6-14-18(12-4-3-5-13-18)16-8-10-17(19)11-9-16;1-13(2)6-9-17(7-4-3-5-8-17)14-10-15(18)12-16(19)11-14;1-13(2)8-11-17(9-4-3-5-10-17)15-7-6-14(19)12-16(15)18;1-14(2)10-13-17(11-4-3-5-12-17)15-6-8-16(18)9-7-15;1-13(2)6-9-17(7-4-3-5-8-17)14-10-15(18)12-16(19)11-14;2*1-14(2)10-13-17(11-4-3-5-12-17)15-6-8-16(18)9-7-15;1-13(2)9-12-16(10-3-4-11-16)14-5-7-15(17)8-6-14/h8-11,15H,3-7,12-14H2,1-2H3;10-13H,3-9H2,1-2H3;6-7,12-13H,3-5,8-11H2,1-2H3;6-9,14H,3-5,10-13H2,1-2H3;10-13H,3-9H2,1-2H3;6-9,14H,3-5,10-13H2,1-2H3;6-9,14,18H,3-5,10-13H2,1-2H3;5-8,13H,3-4,9-12H2,1-2H3. The van der Waals surface area contributed by atoms with Gasteiger partial charge in [0, 0.05) is 26.2 Å². The summed E-state index contributed by atoms with van der Waals surface area (Å²) in [4.78, 5) is 0. The highest BCUT2D eigenvalue weighted by Crippen LogP contribution is 2.54. The summed E-state index contributed by atoms with van der Waals surface area (Å²) >= 11 is 24.8. The first-order chi connectivity index (χ1) is 70.2. The smallest absolute Gasteiger partial charge is 0.126 e. The number of benzene rings is 8. The largest absolute Gasteiger partial charge is 0.508 e. The van der Waals surface area contributed by atoms with Gasteiger partial charge in [0.05, 0.1) is 0 Å². The van der Waals surface area contributed by atoms with E-state index >= 15 is 0 Å². The molecule has 8 aromatic rings. The Labute approximate surface area is 913 Å². The zero-order valence-corrected chi connectivity index (χ0v) is 97.7. The van der Waals surface area contributed by atoms with Gasteiger partial charge in [-0.25, -0.2) is 26.3 Å². The molecule has 8 aliphatic rings. The van der Waals surface area contributed by atoms with Gasteiger partial charge < -0.3 is 5.11 Å². The van der Waals surface area contributed by atoms with Crippen LogP contribution in [0.2, 0.25) is 20.1 Å². The van der Waals surface area contributed by atoms with Gasteiger partial charge in [-0.15, -0.1) is 0 Å². The monoisotopic (exact) mass is 2100 g/mol. The number of aromatic hydroxyl groups is 1. The Morgan fingerprint density at radius 1 is 0.197 bits per heavy atom. The molecule has 16 rings (SSSR count). The first-order valence-corrected chi connectivity index (χ1v) is 60.9. The topological polar surface area (TPSA) is 20.2 Å². The Morgan fingerprint density at radius 2 is 0.408 bits per heavy atom. The van der Waals surface area contributed by atoms with Crippen molar-refractivity contribution in [2.75, 3.05) is 0 Å². The van der Waals surface area contributed by atoms with Gasteiger partial charge in [0.2, 0.25) is 0 Å². The molecule has 8 saturated carbocycles. The van der Waals surface area contributed by atoms with E-state index in [-0.39, 0.29) is 34.1 Å². The van der Waals surface area contributed by atoms with Crippen LogP contribution in [0.4, 0.5) is 26.3 Å². The maximum absolute atomic E-state index is 13.5. The van der Waals surface area contributed by atoms with Crippen molar-refractivity contribution in [2.24, 2.45) is 47.3 Å². The highest BCUT2D eigenvalue weighted by Gasteiger charge is 2.42. The van der Waals surface area contributed by atoms with Gasteiger partial charge in [-0.3, -0.25) is 0 Å². The summed E-state index contributed by atoms with van der Waals surface area (Å²) in [6.45, 7) is 36.6. The molecule has 0 aromatic heterocycles. The van der Waals surface area contributed by atoms with Crippen LogP contribution in [0, 0.1) is 82.2 Å². The molecule has 0 bridgehead atoms. The molecular formula is C136H198Cl4F6O. The van der Waals surface area contributed by atoms with Crippen LogP contribution in [-0.2, 0) is 43.3 Å². The first kappa shape index (κ1) is 125. The molecule has 0 atom stereocenters. The van der Waals surface area contributed by atoms with E-state index < -0.39 is 11.6 Å². The maximum atomic E-state index is 13.5. The van der Waals surface area contributed by atoms with Crippen LogP contribution in [0.3, 0.4) is 0 Å². The summed E-state index contributed by atoms with van der Waals surface area (Å²) in [5.74, 6) is 4.90. The van der Waals surface area contributed by atoms with Crippen molar-refractivity contribution in [1.82, 2.24) is 0 Å². The van der Waals surface area contributed by atoms with Crippen molar-refractivity contribution in [2.45, 2.75) is 514 Å². The zero-order valence-electron chi connectivity index (χ0n) is 94.7. The van der Waals surface area contributed by atoms with Crippen molar-refractivity contribution in [3.05, 3.63) is 275 Å². The molecule has 1 nitrogen and oxygen atoms in total. The van der Waals surface area contributed by atoms with Crippen molar-refractivity contribution < 1.29 is 31.4 Å². The van der Waals surface area contributed by atoms with E-state index in [2.05, 4.69) is 159 Å². The minimum absolute atomic E-state index is 0.00542. The molecule has 0 amide bonds. The van der Waals surface area contributed by atoms with Gasteiger partial charge in [0.1, 0.15) is 40.7 Å². The molecule has 11 heteroatoms. The summed E-state index contributed by atoms with van der Waals surface area (Å²) in [7, 11) is 0. The Bertz CT molecular complexity index is 4620. The van der Waals surface area contributed by atoms with Crippen LogP contribution in [0.15, 0.2) is 176 Å². The van der Waals surface area contributed by atoms with E-state index in [9.17, 15) is 31.4 Å². The fourth-order valence-corrected chi connectivity index (χ4v) is 27.6. The van der Waals surface area contributed by atoms with Gasteiger partial charge in [0.15, 0.2) is 0 Å². The van der Waals surface area contributed by atoms with Gasteiger partial charge in [0.25, 0.3) is 0 Å². The van der Waals surface area contributed by atoms with Crippen molar-refractivity contribution in [1.29, 1.82) is 0 Å². The lowest BCUT2D eigenvalue weighted by Gasteiger charge is -2.39. The first-order valence-electron chi connectivity index (χ1n) is 59.4. The molecule has 1 N–H and O–H groups in total. The Morgan fingerprint density at radius 3 is 0.667 bits per heavy atom. The molecule has 0 heterocycles. The number of rotatable bonds is 33. The number of phenols is 1. The van der Waals surface area contributed by atoms with Gasteiger partial charge in [-0.1, -0.05) is 429 Å². The van der Waals surface area contributed by atoms with Crippen molar-refractivity contribution >= 4 is 46.4 Å². The average Bonchev–Trinajstić information content (AvgIpc) is 1.57. The Kier molecular flexibility index (Phi) is 53.3. The van der Waals surface area contributed by atoms with Crippen molar-refractivity contribution in [3.63, 3.8) is 0 Å². The predicted octanol–water partition coefficient (Wildman–Crippen LogP) is 45.8. The third kappa shape index (κ3) is 40.5. The molecule has 8 aromatic carbocycles. The Balaban J connectivity index is 0.000000187. The van der Waals surface area contributed by atoms with Crippen LogP contribution >= 0.6 is 46.4 Å². The van der Waals surface area contributed by atoms with E-state index in [1.807, 2.05) is 60.7 Å². The van der Waals surface area contributed by atoms with E-state index in [0.29, 0.717) is 55.1 Å². The van der Waals surface area contributed by atoms with Crippen LogP contribution in [0.1, 0.15) is 515 Å². The van der Waals surface area contributed by atoms with E-state index in [1.54, 1.807) is 54.6 Å². The molecule has 8 aliphatic carbocycles. The average molecular weight is 2100 g/mol. The van der Waals surface area contributed by atoms with E-state index in [1.165, 1.54) is 379 Å². The predicted molar refractivity (Wildman–Crippen MR) is 624 cm³/mol. The van der Waals surface area contributed by atoms with Crippen LogP contribution in [0.5, 0.6) is 5.75 Å². The number of hydrogen-bond donors (Lipinski definition) is 1. The quantitative estimate of drug-likeness (QED) is 0.0407. The number of hydrogen-bond acceptors (Lipinski definition) is 1. The van der Waals surface area contributed by atoms with Crippen LogP contribution in [-0.4, -0.2) is 5.11 Å². The van der Waals surface area contributed by atoms with Crippen molar-refractivity contribution in [3.8, 4) is 5.75 Å². The molecule has 0 unspecified atom stereocenters.